The van der Waals surface area contributed by atoms with E-state index in [-0.39, 0.29) is 17.2 Å². The van der Waals surface area contributed by atoms with E-state index in [2.05, 4.69) is 30.7 Å². The molecule has 0 saturated heterocycles. The minimum atomic E-state index is -3.94. The number of guanidine groups is 1. The molecular formula is C13H15BrN6O3S. The van der Waals surface area contributed by atoms with Gasteiger partial charge in [-0.25, -0.2) is 0 Å². The molecule has 1 aromatic heterocycles. The highest BCUT2D eigenvalue weighted by Gasteiger charge is 2.13. The van der Waals surface area contributed by atoms with Crippen molar-refractivity contribution in [1.82, 2.24) is 9.78 Å². The summed E-state index contributed by atoms with van der Waals surface area (Å²) in [6.07, 6.45) is 3.62. The summed E-state index contributed by atoms with van der Waals surface area (Å²) in [5.74, 6) is -0.765. The molecule has 1 heterocycles. The van der Waals surface area contributed by atoms with Gasteiger partial charge in [0.1, 0.15) is 0 Å². The minimum absolute atomic E-state index is 0.0738. The number of benzene rings is 1. The molecule has 0 aliphatic rings. The van der Waals surface area contributed by atoms with E-state index < -0.39 is 16.0 Å². The van der Waals surface area contributed by atoms with Crippen LogP contribution in [-0.4, -0.2) is 30.1 Å². The van der Waals surface area contributed by atoms with Gasteiger partial charge in [0, 0.05) is 24.8 Å². The van der Waals surface area contributed by atoms with Gasteiger partial charge in [0.05, 0.1) is 15.6 Å². The normalized spacial score (nSPS) is 11.0. The molecule has 11 heteroatoms. The van der Waals surface area contributed by atoms with Gasteiger partial charge in [0.15, 0.2) is 0 Å². The summed E-state index contributed by atoms with van der Waals surface area (Å²) in [4.78, 5) is 11.8. The van der Waals surface area contributed by atoms with Gasteiger partial charge < -0.3 is 16.8 Å². The van der Waals surface area contributed by atoms with Gasteiger partial charge in [-0.15, -0.1) is 4.40 Å². The third kappa shape index (κ3) is 5.06. The van der Waals surface area contributed by atoms with Crippen LogP contribution in [0.3, 0.4) is 0 Å². The van der Waals surface area contributed by atoms with Crippen LogP contribution in [-0.2, 0) is 21.4 Å². The predicted molar refractivity (Wildman–Crippen MR) is 92.6 cm³/mol. The molecule has 0 aliphatic carbocycles. The standard InChI is InChI=1S/C13H15BrN6O3S/c14-9-7-17-20(8-9)6-5-12(21)18-10-1-3-11(4-2-10)24(22,23)19-13(15)16/h1-4,7-8H,5-6H2,(H,18,21)(H4,15,16,19). The van der Waals surface area contributed by atoms with E-state index in [1.165, 1.54) is 24.3 Å². The predicted octanol–water partition coefficient (Wildman–Crippen LogP) is 0.636. The molecule has 1 amide bonds. The van der Waals surface area contributed by atoms with Gasteiger partial charge >= 0.3 is 0 Å². The van der Waals surface area contributed by atoms with Crippen molar-refractivity contribution >= 4 is 43.5 Å². The van der Waals surface area contributed by atoms with Crippen LogP contribution in [0.4, 0.5) is 5.69 Å². The molecule has 5 N–H and O–H groups in total. The van der Waals surface area contributed by atoms with Gasteiger partial charge in [0.2, 0.25) is 11.9 Å². The Kier molecular flexibility index (Phi) is 5.57. The second kappa shape index (κ2) is 7.45. The maximum atomic E-state index is 11.9. The third-order valence-corrected chi connectivity index (χ3v) is 4.56. The lowest BCUT2D eigenvalue weighted by Crippen LogP contribution is -2.24. The van der Waals surface area contributed by atoms with Crippen molar-refractivity contribution in [3.8, 4) is 0 Å². The topological polar surface area (TPSA) is 145 Å². The molecular weight excluding hydrogens is 400 g/mol. The molecule has 24 heavy (non-hydrogen) atoms. The number of anilines is 1. The molecule has 0 spiro atoms. The van der Waals surface area contributed by atoms with Crippen molar-refractivity contribution < 1.29 is 13.2 Å². The van der Waals surface area contributed by atoms with E-state index >= 15 is 0 Å². The number of carbonyl (C=O) groups is 1. The molecule has 0 radical (unpaired) electrons. The van der Waals surface area contributed by atoms with Crippen LogP contribution < -0.4 is 16.8 Å². The van der Waals surface area contributed by atoms with Crippen LogP contribution >= 0.6 is 15.9 Å². The maximum absolute atomic E-state index is 11.9. The quantitative estimate of drug-likeness (QED) is 0.466. The number of rotatable bonds is 6. The Morgan fingerprint density at radius 1 is 1.29 bits per heavy atom. The molecule has 0 fully saturated rings. The zero-order valence-electron chi connectivity index (χ0n) is 12.4. The smallest absolute Gasteiger partial charge is 0.285 e. The van der Waals surface area contributed by atoms with E-state index in [1.807, 2.05) is 0 Å². The number of hydrogen-bond donors (Lipinski definition) is 3. The van der Waals surface area contributed by atoms with Crippen LogP contribution in [0.25, 0.3) is 0 Å². The van der Waals surface area contributed by atoms with Crippen LogP contribution in [0.2, 0.25) is 0 Å². The zero-order valence-corrected chi connectivity index (χ0v) is 14.8. The molecule has 2 rings (SSSR count). The Morgan fingerprint density at radius 2 is 1.96 bits per heavy atom. The molecule has 9 nitrogen and oxygen atoms in total. The average Bonchev–Trinajstić information content (AvgIpc) is 2.90. The number of amides is 1. The van der Waals surface area contributed by atoms with E-state index in [1.54, 1.807) is 17.1 Å². The first-order chi connectivity index (χ1) is 11.3. The summed E-state index contributed by atoms with van der Waals surface area (Å²) < 4.78 is 29.2. The fraction of sp³-hybridized carbons (Fsp3) is 0.154. The first-order valence-electron chi connectivity index (χ1n) is 6.70. The Hall–Kier alpha value is -2.40. The van der Waals surface area contributed by atoms with E-state index in [0.717, 1.165) is 4.47 Å². The summed E-state index contributed by atoms with van der Waals surface area (Å²) in [6.45, 7) is 0.425. The van der Waals surface area contributed by atoms with Crippen LogP contribution in [0, 0.1) is 0 Å². The molecule has 0 atom stereocenters. The number of nitrogens with one attached hydrogen (secondary N) is 1. The lowest BCUT2D eigenvalue weighted by Gasteiger charge is -2.06. The Labute approximate surface area is 146 Å². The molecule has 1 aromatic carbocycles. The monoisotopic (exact) mass is 414 g/mol. The summed E-state index contributed by atoms with van der Waals surface area (Å²) in [7, 11) is -3.94. The van der Waals surface area contributed by atoms with E-state index in [4.69, 9.17) is 11.5 Å². The lowest BCUT2D eigenvalue weighted by molar-refractivity contribution is -0.116. The van der Waals surface area contributed by atoms with Gasteiger partial charge in [-0.05, 0) is 40.2 Å². The minimum Gasteiger partial charge on any atom is -0.369 e. The zero-order chi connectivity index (χ0) is 17.7. The van der Waals surface area contributed by atoms with E-state index in [9.17, 15) is 13.2 Å². The summed E-state index contributed by atoms with van der Waals surface area (Å²) in [6, 6.07) is 5.53. The summed E-state index contributed by atoms with van der Waals surface area (Å²) >= 11 is 3.27. The molecule has 0 aliphatic heterocycles. The second-order valence-corrected chi connectivity index (χ2v) is 7.26. The molecule has 0 bridgehead atoms. The number of aromatic nitrogens is 2. The molecule has 128 valence electrons. The number of halogens is 1. The summed E-state index contributed by atoms with van der Waals surface area (Å²) in [5, 5.41) is 6.71. The van der Waals surface area contributed by atoms with E-state index in [0.29, 0.717) is 12.2 Å². The van der Waals surface area contributed by atoms with Crippen LogP contribution in [0.1, 0.15) is 6.42 Å². The highest BCUT2D eigenvalue weighted by Crippen LogP contribution is 2.16. The summed E-state index contributed by atoms with van der Waals surface area (Å²) in [5.41, 5.74) is 10.6. The molecule has 2 aromatic rings. The van der Waals surface area contributed by atoms with Gasteiger partial charge in [-0.1, -0.05) is 0 Å². The van der Waals surface area contributed by atoms with Crippen molar-refractivity contribution in [3.63, 3.8) is 0 Å². The fourth-order valence-corrected chi connectivity index (χ4v) is 2.99. The number of sulfonamides is 1. The maximum Gasteiger partial charge on any atom is 0.285 e. The lowest BCUT2D eigenvalue weighted by atomic mass is 10.3. The first-order valence-corrected chi connectivity index (χ1v) is 8.93. The highest BCUT2D eigenvalue weighted by atomic mass is 79.9. The third-order valence-electron chi connectivity index (χ3n) is 2.83. The Balaban J connectivity index is 1.96. The van der Waals surface area contributed by atoms with Crippen molar-refractivity contribution in [2.75, 3.05) is 5.32 Å². The van der Waals surface area contributed by atoms with Gasteiger partial charge in [0.25, 0.3) is 10.0 Å². The Morgan fingerprint density at radius 3 is 2.50 bits per heavy atom. The second-order valence-electron chi connectivity index (χ2n) is 4.74. The fourth-order valence-electron chi connectivity index (χ4n) is 1.80. The largest absolute Gasteiger partial charge is 0.369 e. The van der Waals surface area contributed by atoms with Crippen molar-refractivity contribution in [2.45, 2.75) is 17.9 Å². The molecule has 0 unspecified atom stereocenters. The number of carbonyl (C=O) groups excluding carboxylic acids is 1. The Bertz CT molecular complexity index is 856. The van der Waals surface area contributed by atoms with Gasteiger partial charge in [-0.3, -0.25) is 9.48 Å². The first kappa shape index (κ1) is 17.9. The van der Waals surface area contributed by atoms with Crippen LogP contribution in [0.5, 0.6) is 0 Å². The van der Waals surface area contributed by atoms with Crippen molar-refractivity contribution in [1.29, 1.82) is 0 Å². The van der Waals surface area contributed by atoms with Gasteiger partial charge in [-0.2, -0.15) is 13.5 Å². The van der Waals surface area contributed by atoms with Crippen molar-refractivity contribution in [2.24, 2.45) is 15.9 Å². The van der Waals surface area contributed by atoms with Crippen molar-refractivity contribution in [3.05, 3.63) is 41.1 Å². The number of nitrogens with zero attached hydrogens (tertiary/aromatic N) is 3. The highest BCUT2D eigenvalue weighted by molar-refractivity contribution is 9.10. The number of nitrogens with two attached hydrogens (primary N) is 2. The number of aryl methyl sites for hydroxylation is 1. The SMILES string of the molecule is NC(N)=NS(=O)(=O)c1ccc(NC(=O)CCn2cc(Br)cn2)cc1. The average molecular weight is 415 g/mol. The molecule has 0 saturated carbocycles. The number of hydrogen-bond acceptors (Lipinski definition) is 4. The van der Waals surface area contributed by atoms with Crippen LogP contribution in [0.15, 0.2) is 50.4 Å².